The number of pyridine rings is 2. The summed E-state index contributed by atoms with van der Waals surface area (Å²) >= 11 is 4.28. The Kier molecular flexibility index (Phi) is 14.7. The smallest absolute Gasteiger partial charge is 0.352 e. The summed E-state index contributed by atoms with van der Waals surface area (Å²) in [6.45, 7) is 5.39. The molecule has 0 aromatic carbocycles. The molecule has 8 N–H and O–H groups in total. The van der Waals surface area contributed by atoms with E-state index in [4.69, 9.17) is 15.4 Å². The molecule has 0 unspecified atom stereocenters. The van der Waals surface area contributed by atoms with Crippen molar-refractivity contribution in [3.8, 4) is 0 Å². The minimum atomic E-state index is -1.95. The van der Waals surface area contributed by atoms with E-state index in [1.165, 1.54) is 62.0 Å². The van der Waals surface area contributed by atoms with E-state index in [-0.39, 0.29) is 57.6 Å². The summed E-state index contributed by atoms with van der Waals surface area (Å²) in [6, 6.07) is 8.36. The number of nitrogens with zero attached hydrogens (tertiary/aromatic N) is 8. The van der Waals surface area contributed by atoms with Crippen molar-refractivity contribution in [2.45, 2.75) is 74.8 Å². The lowest BCUT2D eigenvalue weighted by Crippen LogP contribution is -2.71. The third-order valence-corrected chi connectivity index (χ3v) is 15.4. The van der Waals surface area contributed by atoms with Gasteiger partial charge in [-0.2, -0.15) is 0 Å². The number of thiazole rings is 2. The average Bonchev–Trinajstić information content (AvgIpc) is 4.01. The van der Waals surface area contributed by atoms with Gasteiger partial charge in [-0.25, -0.2) is 33.5 Å². The molecule has 8 heterocycles. The summed E-state index contributed by atoms with van der Waals surface area (Å²) in [7, 11) is 0. The van der Waals surface area contributed by atoms with Crippen LogP contribution < -0.4 is 30.8 Å². The predicted octanol–water partition coefficient (Wildman–Crippen LogP) is 0.356. The first kappa shape index (κ1) is 51.6. The van der Waals surface area contributed by atoms with E-state index >= 15 is 0 Å². The fourth-order valence-corrected chi connectivity index (χ4v) is 11.4. The average molecular weight is 1080 g/mol. The largest absolute Gasteiger partial charge is 0.478 e. The van der Waals surface area contributed by atoms with E-state index < -0.39 is 92.9 Å². The molecule has 0 spiro atoms. The first-order valence-electron chi connectivity index (χ1n) is 21.7. The van der Waals surface area contributed by atoms with Crippen molar-refractivity contribution in [3.63, 3.8) is 0 Å². The summed E-state index contributed by atoms with van der Waals surface area (Å²) < 4.78 is 3.54. The number of carboxylic acids is 3. The second-order valence-corrected chi connectivity index (χ2v) is 21.2. The number of thioether (sulfide) groups is 2. The molecule has 4 aliphatic heterocycles. The number of nitrogens with two attached hydrogens (primary N) is 1. The van der Waals surface area contributed by atoms with Gasteiger partial charge in [0.15, 0.2) is 59.6 Å². The highest BCUT2D eigenvalue weighted by Gasteiger charge is 2.56. The summed E-state index contributed by atoms with van der Waals surface area (Å²) in [5, 5.41) is 46.5. The lowest BCUT2D eigenvalue weighted by Gasteiger charge is -2.49. The third-order valence-electron chi connectivity index (χ3n) is 11.3. The Hall–Kier alpha value is -7.76. The van der Waals surface area contributed by atoms with Gasteiger partial charge in [0.05, 0.1) is 0 Å². The van der Waals surface area contributed by atoms with Crippen LogP contribution in [0.4, 0.5) is 10.3 Å². The Labute approximate surface area is 429 Å². The molecule has 4 aromatic heterocycles. The Balaban J connectivity index is 0.956. The molecule has 73 heavy (non-hydrogen) atoms. The van der Waals surface area contributed by atoms with Crippen molar-refractivity contribution in [2.75, 3.05) is 22.6 Å². The van der Waals surface area contributed by atoms with Crippen LogP contribution in [-0.4, -0.2) is 139 Å². The molecular formula is C44H44N12O13S4+2. The van der Waals surface area contributed by atoms with Crippen LogP contribution >= 0.6 is 46.2 Å². The zero-order valence-electron chi connectivity index (χ0n) is 38.8. The SMILES string of the molecule is CC(C)(O/N=C(\C(=O)N[C@@H]1C(=O)N2C(C(=O)O)=C(C[n+]3ccccc3)CS[C@H]12)c1csc(NC(=O)C(C)(C)O/N=C(\C(=O)N[C@@H]2C(=O)N3C(C(=O)O)=C(C[n+]4ccccc4)CS[C@H]23)c2csc(N)n2)n1)C(=O)O. The number of fused-ring (bicyclic) bond motifs is 2. The van der Waals surface area contributed by atoms with Crippen molar-refractivity contribution in [3.05, 3.63) is 106 Å². The molecule has 25 nitrogen and oxygen atoms in total. The predicted molar refractivity (Wildman–Crippen MR) is 261 cm³/mol. The van der Waals surface area contributed by atoms with E-state index in [0.29, 0.717) is 11.1 Å². The quantitative estimate of drug-likeness (QED) is 0.0288. The van der Waals surface area contributed by atoms with Crippen LogP contribution in [0.5, 0.6) is 0 Å². The summed E-state index contributed by atoms with van der Waals surface area (Å²) in [4.78, 5) is 127. The first-order valence-corrected chi connectivity index (χ1v) is 25.5. The molecule has 2 fully saturated rings. The van der Waals surface area contributed by atoms with Crippen molar-refractivity contribution in [1.29, 1.82) is 0 Å². The van der Waals surface area contributed by atoms with E-state index in [9.17, 15) is 53.7 Å². The second kappa shape index (κ2) is 20.8. The molecule has 8 rings (SSSR count). The van der Waals surface area contributed by atoms with Crippen LogP contribution in [0.2, 0.25) is 0 Å². The summed E-state index contributed by atoms with van der Waals surface area (Å²) in [5.74, 6) is -7.82. The van der Waals surface area contributed by atoms with E-state index in [1.807, 2.05) is 6.07 Å². The Morgan fingerprint density at radius 3 is 1.56 bits per heavy atom. The maximum absolute atomic E-state index is 13.9. The summed E-state index contributed by atoms with van der Waals surface area (Å²) in [6.07, 6.45) is 7.04. The zero-order valence-corrected chi connectivity index (χ0v) is 42.0. The highest BCUT2D eigenvalue weighted by Crippen LogP contribution is 2.42. The van der Waals surface area contributed by atoms with Crippen LogP contribution in [0.25, 0.3) is 0 Å². The molecule has 0 radical (unpaired) electrons. The van der Waals surface area contributed by atoms with Gasteiger partial charge in [0.2, 0.25) is 11.2 Å². The van der Waals surface area contributed by atoms with Gasteiger partial charge in [0, 0.05) is 57.7 Å². The van der Waals surface area contributed by atoms with Crippen molar-refractivity contribution in [1.82, 2.24) is 30.4 Å². The molecule has 5 amide bonds. The van der Waals surface area contributed by atoms with Crippen LogP contribution in [0.1, 0.15) is 39.1 Å². The third kappa shape index (κ3) is 10.7. The van der Waals surface area contributed by atoms with E-state index in [1.54, 1.807) is 64.3 Å². The number of hydrogen-bond acceptors (Lipinski definition) is 19. The molecule has 2 saturated heterocycles. The number of β-lactam (4-membered cyclic amide) rings is 2. The molecule has 29 heteroatoms. The minimum absolute atomic E-state index is 0.0559. The molecule has 0 bridgehead atoms. The van der Waals surface area contributed by atoms with Gasteiger partial charge >= 0.3 is 17.9 Å². The number of oxime groups is 2. The van der Waals surface area contributed by atoms with Crippen molar-refractivity contribution >= 4 is 115 Å². The Morgan fingerprint density at radius 1 is 0.699 bits per heavy atom. The molecule has 4 atom stereocenters. The number of aromatic nitrogens is 4. The van der Waals surface area contributed by atoms with Gasteiger partial charge in [-0.1, -0.05) is 22.4 Å². The molecule has 0 aliphatic carbocycles. The van der Waals surface area contributed by atoms with E-state index in [2.05, 4.69) is 36.2 Å². The normalized spacial score (nSPS) is 20.0. The molecular weight excluding hydrogens is 1030 g/mol. The number of hydrogen-bond donors (Lipinski definition) is 7. The zero-order chi connectivity index (χ0) is 52.5. The van der Waals surface area contributed by atoms with Crippen LogP contribution in [0.3, 0.4) is 0 Å². The number of aliphatic carboxylic acids is 3. The maximum atomic E-state index is 13.9. The molecule has 380 valence electrons. The monoisotopic (exact) mass is 1080 g/mol. The highest BCUT2D eigenvalue weighted by molar-refractivity contribution is 8.00. The van der Waals surface area contributed by atoms with Crippen molar-refractivity contribution < 1.29 is 72.5 Å². The number of carboxylic acid groups (broad SMARTS) is 3. The Bertz CT molecular complexity index is 3070. The van der Waals surface area contributed by atoms with Gasteiger partial charge in [-0.3, -0.25) is 39.1 Å². The lowest BCUT2D eigenvalue weighted by molar-refractivity contribution is -0.689. The minimum Gasteiger partial charge on any atom is -0.478 e. The number of amides is 5. The van der Waals surface area contributed by atoms with Gasteiger partial charge in [-0.15, -0.1) is 46.2 Å². The number of carbonyl (C=O) groups excluding carboxylic acids is 5. The van der Waals surface area contributed by atoms with Gasteiger partial charge in [0.25, 0.3) is 29.5 Å². The number of rotatable bonds is 19. The van der Waals surface area contributed by atoms with Gasteiger partial charge in [-0.05, 0) is 27.7 Å². The highest BCUT2D eigenvalue weighted by atomic mass is 32.2. The van der Waals surface area contributed by atoms with E-state index in [0.717, 1.165) is 32.5 Å². The molecule has 0 saturated carbocycles. The van der Waals surface area contributed by atoms with Crippen LogP contribution in [-0.2, 0) is 61.1 Å². The first-order chi connectivity index (χ1) is 34.6. The van der Waals surface area contributed by atoms with Crippen molar-refractivity contribution in [2.24, 2.45) is 10.3 Å². The maximum Gasteiger partial charge on any atom is 0.352 e. The number of anilines is 2. The number of nitrogens with one attached hydrogen (secondary N) is 3. The molecule has 4 aromatic rings. The fourth-order valence-electron chi connectivity index (χ4n) is 7.44. The fraction of sp³-hybridized carbons (Fsp3) is 0.318. The summed E-state index contributed by atoms with van der Waals surface area (Å²) in [5.41, 5.74) is 1.30. The molecule has 4 aliphatic rings. The van der Waals surface area contributed by atoms with Gasteiger partial charge < -0.3 is 41.4 Å². The van der Waals surface area contributed by atoms with Crippen LogP contribution in [0.15, 0.2) is 105 Å². The van der Waals surface area contributed by atoms with Crippen LogP contribution in [0, 0.1) is 0 Å². The number of nitrogen functional groups attached to an aromatic ring is 1. The topological polar surface area (TPSA) is 343 Å². The lowest BCUT2D eigenvalue weighted by atomic mass is 10.0. The Morgan fingerprint density at radius 2 is 1.14 bits per heavy atom. The number of carbonyl (C=O) groups is 8. The standard InChI is InChI=1S/C44H42N12O13S4/c1-43(2,68-51-25(23-19-72-41(45)46-23)31(57)48-27-33(59)55-29(37(61)62)21(17-70-35(27)55)15-53-11-7-5-8-12-53)39(65)50-42-47-24(20-73-42)26(52-69-44(3,4)40(66)67)32(58)49-28-34(60)56-30(38(63)64)22(18-71-36(28)56)16-54-13-9-6-10-14-54/h5-14,19-20,27-28,35-36H,15-18H2,1-4H3,(H6-2,45,46,47,48,49,50,57,58,61,62,63,64,65,66,67)/p+2/b51-25-,52-26-/t27-,28-,35-,36-/m1/s1. The van der Waals surface area contributed by atoms with Gasteiger partial charge in [0.1, 0.15) is 45.6 Å². The second-order valence-electron chi connectivity index (χ2n) is 17.3.